The van der Waals surface area contributed by atoms with E-state index in [0.717, 1.165) is 0 Å². The fraction of sp³-hybridized carbons (Fsp3) is 0.900. The van der Waals surface area contributed by atoms with E-state index in [1.807, 2.05) is 20.8 Å². The Morgan fingerprint density at radius 3 is 2.00 bits per heavy atom. The van der Waals surface area contributed by atoms with Crippen molar-refractivity contribution < 1.29 is 23.1 Å². The third kappa shape index (κ3) is 4.83. The van der Waals surface area contributed by atoms with Gasteiger partial charge in [-0.1, -0.05) is 20.8 Å². The second-order valence-electron chi connectivity index (χ2n) is 4.93. The van der Waals surface area contributed by atoms with Crippen LogP contribution < -0.4 is 5.32 Å². The van der Waals surface area contributed by atoms with Gasteiger partial charge in [0.25, 0.3) is 0 Å². The van der Waals surface area contributed by atoms with E-state index in [2.05, 4.69) is 5.32 Å². The van der Waals surface area contributed by atoms with Gasteiger partial charge in [-0.25, -0.2) is 0 Å². The number of aliphatic carboxylic acids is 1. The highest BCUT2D eigenvalue weighted by atomic mass is 19.4. The molecule has 2 N–H and O–H groups in total. The summed E-state index contributed by atoms with van der Waals surface area (Å²) in [6.07, 6.45) is -4.71. The minimum absolute atomic E-state index is 0.198. The van der Waals surface area contributed by atoms with Crippen LogP contribution in [0, 0.1) is 11.3 Å². The molecule has 0 aromatic carbocycles. The molecule has 96 valence electrons. The Labute approximate surface area is 93.0 Å². The molecular formula is C10H18F3NO2. The predicted molar refractivity (Wildman–Crippen MR) is 54.1 cm³/mol. The van der Waals surface area contributed by atoms with E-state index in [-0.39, 0.29) is 11.5 Å². The smallest absolute Gasteiger partial charge is 0.403 e. The maximum absolute atomic E-state index is 12.3. The number of hydrogen-bond acceptors (Lipinski definition) is 2. The lowest BCUT2D eigenvalue weighted by atomic mass is 9.88. The van der Waals surface area contributed by atoms with Crippen LogP contribution in [0.1, 0.15) is 27.7 Å². The Balaban J connectivity index is 4.42. The summed E-state index contributed by atoms with van der Waals surface area (Å²) in [4.78, 5) is 10.4. The Morgan fingerprint density at radius 1 is 1.31 bits per heavy atom. The van der Waals surface area contributed by atoms with Crippen molar-refractivity contribution in [2.45, 2.75) is 39.9 Å². The molecule has 0 aromatic heterocycles. The van der Waals surface area contributed by atoms with Gasteiger partial charge in [0.15, 0.2) is 5.92 Å². The molecule has 2 atom stereocenters. The monoisotopic (exact) mass is 241 g/mol. The molecule has 0 radical (unpaired) electrons. The number of alkyl halides is 3. The maximum Gasteiger partial charge on any atom is 0.403 e. The quantitative estimate of drug-likeness (QED) is 0.793. The normalized spacial score (nSPS) is 16.9. The largest absolute Gasteiger partial charge is 0.481 e. The Kier molecular flexibility index (Phi) is 4.79. The zero-order valence-corrected chi connectivity index (χ0v) is 9.85. The number of carbonyl (C=O) groups is 1. The molecule has 0 amide bonds. The van der Waals surface area contributed by atoms with Gasteiger partial charge in [0, 0.05) is 12.6 Å². The maximum atomic E-state index is 12.3. The van der Waals surface area contributed by atoms with E-state index in [0.29, 0.717) is 0 Å². The SMILES string of the molecule is CC(NCC(C(=O)O)C(F)(F)F)C(C)(C)C. The molecule has 0 heterocycles. The minimum Gasteiger partial charge on any atom is -0.481 e. The van der Waals surface area contributed by atoms with Crippen LogP contribution >= 0.6 is 0 Å². The lowest BCUT2D eigenvalue weighted by molar-refractivity contribution is -0.192. The van der Waals surface area contributed by atoms with Crippen LogP contribution in [0.25, 0.3) is 0 Å². The van der Waals surface area contributed by atoms with Gasteiger partial charge >= 0.3 is 12.1 Å². The van der Waals surface area contributed by atoms with Gasteiger partial charge < -0.3 is 10.4 Å². The molecule has 0 rings (SSSR count). The average molecular weight is 241 g/mol. The summed E-state index contributed by atoms with van der Waals surface area (Å²) in [7, 11) is 0. The first-order valence-corrected chi connectivity index (χ1v) is 4.99. The Bertz CT molecular complexity index is 245. The van der Waals surface area contributed by atoms with Crippen LogP contribution in [0.5, 0.6) is 0 Å². The van der Waals surface area contributed by atoms with Gasteiger partial charge in [0.1, 0.15) is 0 Å². The molecule has 0 aromatic rings. The highest BCUT2D eigenvalue weighted by molar-refractivity contribution is 5.71. The molecule has 0 spiro atoms. The van der Waals surface area contributed by atoms with Crippen LogP contribution in [0.4, 0.5) is 13.2 Å². The number of hydrogen-bond donors (Lipinski definition) is 2. The van der Waals surface area contributed by atoms with Crippen molar-refractivity contribution in [3.05, 3.63) is 0 Å². The van der Waals surface area contributed by atoms with Gasteiger partial charge in [-0.05, 0) is 12.3 Å². The standard InChI is InChI=1S/C10H18F3NO2/c1-6(9(2,3)4)14-5-7(8(15)16)10(11,12)13/h6-7,14H,5H2,1-4H3,(H,15,16). The molecule has 0 saturated heterocycles. The van der Waals surface area contributed by atoms with Gasteiger partial charge in [0.2, 0.25) is 0 Å². The lowest BCUT2D eigenvalue weighted by Crippen LogP contribution is -2.45. The van der Waals surface area contributed by atoms with E-state index in [1.165, 1.54) is 0 Å². The molecule has 0 aliphatic carbocycles. The van der Waals surface area contributed by atoms with E-state index in [1.54, 1.807) is 6.92 Å². The van der Waals surface area contributed by atoms with E-state index in [9.17, 15) is 18.0 Å². The summed E-state index contributed by atoms with van der Waals surface area (Å²) in [5, 5.41) is 11.1. The van der Waals surface area contributed by atoms with Crippen molar-refractivity contribution >= 4 is 5.97 Å². The predicted octanol–water partition coefficient (Wildman–Crippen LogP) is 2.27. The van der Waals surface area contributed by atoms with Gasteiger partial charge in [-0.15, -0.1) is 0 Å². The Hall–Kier alpha value is -0.780. The minimum atomic E-state index is -4.71. The molecule has 3 nitrogen and oxygen atoms in total. The van der Waals surface area contributed by atoms with Crippen molar-refractivity contribution in [2.75, 3.05) is 6.54 Å². The van der Waals surface area contributed by atoms with Crippen molar-refractivity contribution in [3.8, 4) is 0 Å². The summed E-state index contributed by atoms with van der Waals surface area (Å²) in [5.41, 5.74) is -0.214. The number of carboxylic acid groups (broad SMARTS) is 1. The topological polar surface area (TPSA) is 49.3 Å². The zero-order chi connectivity index (χ0) is 13.1. The van der Waals surface area contributed by atoms with Crippen LogP contribution in [-0.2, 0) is 4.79 Å². The number of nitrogens with one attached hydrogen (secondary N) is 1. The molecule has 16 heavy (non-hydrogen) atoms. The third-order valence-electron chi connectivity index (χ3n) is 2.62. The summed E-state index contributed by atoms with van der Waals surface area (Å²) in [6, 6.07) is -0.198. The average Bonchev–Trinajstić information content (AvgIpc) is 1.98. The molecule has 0 saturated carbocycles. The first-order valence-electron chi connectivity index (χ1n) is 4.99. The van der Waals surface area contributed by atoms with Crippen LogP contribution in [0.15, 0.2) is 0 Å². The van der Waals surface area contributed by atoms with Gasteiger partial charge in [0.05, 0.1) is 0 Å². The summed E-state index contributed by atoms with van der Waals surface area (Å²) in [5.74, 6) is -4.20. The molecule has 6 heteroatoms. The van der Waals surface area contributed by atoms with E-state index in [4.69, 9.17) is 5.11 Å². The van der Waals surface area contributed by atoms with Crippen LogP contribution in [-0.4, -0.2) is 29.8 Å². The number of rotatable bonds is 4. The van der Waals surface area contributed by atoms with E-state index < -0.39 is 24.6 Å². The first kappa shape index (κ1) is 15.2. The van der Waals surface area contributed by atoms with Crippen molar-refractivity contribution in [2.24, 2.45) is 11.3 Å². The molecule has 2 unspecified atom stereocenters. The van der Waals surface area contributed by atoms with E-state index >= 15 is 0 Å². The fourth-order valence-electron chi connectivity index (χ4n) is 0.944. The van der Waals surface area contributed by atoms with Gasteiger partial charge in [-0.3, -0.25) is 4.79 Å². The van der Waals surface area contributed by atoms with Crippen molar-refractivity contribution in [1.29, 1.82) is 0 Å². The zero-order valence-electron chi connectivity index (χ0n) is 9.85. The third-order valence-corrected chi connectivity index (χ3v) is 2.62. The second kappa shape index (κ2) is 5.03. The molecule has 0 aliphatic heterocycles. The Morgan fingerprint density at radius 2 is 1.75 bits per heavy atom. The molecule has 0 fully saturated rings. The van der Waals surface area contributed by atoms with Gasteiger partial charge in [-0.2, -0.15) is 13.2 Å². The summed E-state index contributed by atoms with van der Waals surface area (Å²) in [6.45, 7) is 6.74. The highest BCUT2D eigenvalue weighted by Crippen LogP contribution is 2.27. The fourth-order valence-corrected chi connectivity index (χ4v) is 0.944. The molecular weight excluding hydrogens is 223 g/mol. The number of halogens is 3. The second-order valence-corrected chi connectivity index (χ2v) is 4.93. The number of carboxylic acids is 1. The van der Waals surface area contributed by atoms with Crippen LogP contribution in [0.2, 0.25) is 0 Å². The van der Waals surface area contributed by atoms with Crippen molar-refractivity contribution in [3.63, 3.8) is 0 Å². The summed E-state index contributed by atoms with van der Waals surface area (Å²) < 4.78 is 36.9. The summed E-state index contributed by atoms with van der Waals surface area (Å²) >= 11 is 0. The molecule has 0 aliphatic rings. The molecule has 0 bridgehead atoms. The van der Waals surface area contributed by atoms with Crippen LogP contribution in [0.3, 0.4) is 0 Å². The van der Waals surface area contributed by atoms with Crippen molar-refractivity contribution in [1.82, 2.24) is 5.32 Å². The first-order chi connectivity index (χ1) is 6.96. The lowest BCUT2D eigenvalue weighted by Gasteiger charge is -2.29. The highest BCUT2D eigenvalue weighted by Gasteiger charge is 2.45.